The summed E-state index contributed by atoms with van der Waals surface area (Å²) in [7, 11) is 0. The largest absolute Gasteiger partial charge is 1.00 e. The Kier molecular flexibility index (Phi) is 9.05. The van der Waals surface area contributed by atoms with Gasteiger partial charge in [0.15, 0.2) is 0 Å². The second-order valence-electron chi connectivity index (χ2n) is 8.93. The van der Waals surface area contributed by atoms with Gasteiger partial charge >= 0.3 is 0 Å². The third-order valence-electron chi connectivity index (χ3n) is 6.30. The molecule has 3 rings (SSSR count). The van der Waals surface area contributed by atoms with Gasteiger partial charge in [0.25, 0.3) is 0 Å². The number of primary amides is 1. The molecule has 0 bridgehead atoms. The van der Waals surface area contributed by atoms with Crippen molar-refractivity contribution in [2.75, 3.05) is 5.75 Å². The minimum atomic E-state index is -0.800. The van der Waals surface area contributed by atoms with E-state index >= 15 is 0 Å². The van der Waals surface area contributed by atoms with E-state index in [-0.39, 0.29) is 59.4 Å². The molecule has 33 heavy (non-hydrogen) atoms. The van der Waals surface area contributed by atoms with Crippen LogP contribution in [0.3, 0.4) is 0 Å². The van der Waals surface area contributed by atoms with Gasteiger partial charge in [-0.1, -0.05) is 32.0 Å². The number of halogens is 1. The molecule has 9 heteroatoms. The van der Waals surface area contributed by atoms with Gasteiger partial charge < -0.3 is 39.4 Å². The van der Waals surface area contributed by atoms with Crippen LogP contribution < -0.4 is 29.2 Å². The van der Waals surface area contributed by atoms with Crippen LogP contribution in [-0.4, -0.2) is 45.1 Å². The highest BCUT2D eigenvalue weighted by atomic mass is 35.5. The maximum Gasteiger partial charge on any atom is 0.240 e. The van der Waals surface area contributed by atoms with E-state index in [0.29, 0.717) is 5.75 Å². The van der Waals surface area contributed by atoms with E-state index in [1.54, 1.807) is 30.0 Å². The number of phenolic OH excluding ortho intramolecular Hbond substituents is 2. The summed E-state index contributed by atoms with van der Waals surface area (Å²) in [5.74, 6) is 0.200. The van der Waals surface area contributed by atoms with Crippen molar-refractivity contribution >= 4 is 23.6 Å². The van der Waals surface area contributed by atoms with E-state index in [9.17, 15) is 19.8 Å². The molecule has 8 N–H and O–H groups in total. The van der Waals surface area contributed by atoms with Crippen molar-refractivity contribution in [2.24, 2.45) is 5.73 Å². The van der Waals surface area contributed by atoms with Gasteiger partial charge in [0.1, 0.15) is 23.6 Å². The number of carbonyl (C=O) groups is 2. The van der Waals surface area contributed by atoms with Gasteiger partial charge in [-0.2, -0.15) is 11.8 Å². The fraction of sp³-hybridized carbons (Fsp3) is 0.417. The van der Waals surface area contributed by atoms with Crippen LogP contribution in [-0.2, 0) is 27.8 Å². The predicted octanol–water partition coefficient (Wildman–Crippen LogP) is -1.75. The number of hydrogen-bond donors (Lipinski definition) is 5. The van der Waals surface area contributed by atoms with Gasteiger partial charge in [0, 0.05) is 24.0 Å². The van der Waals surface area contributed by atoms with Gasteiger partial charge in [0.2, 0.25) is 11.8 Å². The molecule has 0 aliphatic heterocycles. The van der Waals surface area contributed by atoms with Crippen molar-refractivity contribution in [1.29, 1.82) is 0 Å². The Labute approximate surface area is 204 Å². The molecule has 2 aromatic carbocycles. The maximum absolute atomic E-state index is 12.5. The molecule has 7 nitrogen and oxygen atoms in total. The molecular formula is C24H32ClN3O4S. The number of thioether (sulfide) groups is 1. The number of benzene rings is 2. The van der Waals surface area contributed by atoms with E-state index in [1.165, 1.54) is 17.7 Å². The second-order valence-corrected chi connectivity index (χ2v) is 10.3. The van der Waals surface area contributed by atoms with Gasteiger partial charge in [0.05, 0.1) is 5.25 Å². The number of rotatable bonds is 8. The lowest BCUT2D eigenvalue weighted by Gasteiger charge is -2.40. The number of phenols is 2. The summed E-state index contributed by atoms with van der Waals surface area (Å²) >= 11 is 1.72. The van der Waals surface area contributed by atoms with E-state index < -0.39 is 11.9 Å². The SMILES string of the molecule is CC1(C)c2cc(O)ccc2C[C@@H](SCCC(=O)NC(Cc2ccc(O)cc2)C(N)=O)[C@@H]1[NH3+].[Cl-]. The van der Waals surface area contributed by atoms with Crippen molar-refractivity contribution in [1.82, 2.24) is 5.32 Å². The summed E-state index contributed by atoms with van der Waals surface area (Å²) in [6, 6.07) is 11.3. The minimum absolute atomic E-state index is 0. The first kappa shape index (κ1) is 26.8. The van der Waals surface area contributed by atoms with Crippen LogP contribution in [0.2, 0.25) is 0 Å². The molecule has 180 valence electrons. The summed E-state index contributed by atoms with van der Waals surface area (Å²) < 4.78 is 0. The van der Waals surface area contributed by atoms with Crippen molar-refractivity contribution < 1.29 is 37.9 Å². The highest BCUT2D eigenvalue weighted by Crippen LogP contribution is 2.40. The zero-order chi connectivity index (χ0) is 23.5. The van der Waals surface area contributed by atoms with Crippen LogP contribution in [0.1, 0.15) is 37.0 Å². The zero-order valence-electron chi connectivity index (χ0n) is 18.9. The third-order valence-corrected chi connectivity index (χ3v) is 7.66. The lowest BCUT2D eigenvalue weighted by molar-refractivity contribution is -0.435. The minimum Gasteiger partial charge on any atom is -1.00 e. The predicted molar refractivity (Wildman–Crippen MR) is 125 cm³/mol. The molecule has 0 aromatic heterocycles. The molecule has 2 aromatic rings. The zero-order valence-corrected chi connectivity index (χ0v) is 20.5. The smallest absolute Gasteiger partial charge is 0.240 e. The topological polar surface area (TPSA) is 140 Å². The molecular weight excluding hydrogens is 462 g/mol. The van der Waals surface area contributed by atoms with E-state index in [2.05, 4.69) is 24.9 Å². The number of hydrogen-bond acceptors (Lipinski definition) is 5. The molecule has 0 radical (unpaired) electrons. The molecule has 1 aliphatic rings. The molecule has 0 fully saturated rings. The number of aromatic hydroxyl groups is 2. The van der Waals surface area contributed by atoms with Gasteiger partial charge in [-0.25, -0.2) is 0 Å². The lowest BCUT2D eigenvalue weighted by Crippen LogP contribution is -3.00. The Hall–Kier alpha value is -2.42. The van der Waals surface area contributed by atoms with Gasteiger partial charge in [-0.3, -0.25) is 9.59 Å². The van der Waals surface area contributed by atoms with Crippen molar-refractivity contribution in [3.05, 3.63) is 59.2 Å². The van der Waals surface area contributed by atoms with Crippen LogP contribution in [0.15, 0.2) is 42.5 Å². The van der Waals surface area contributed by atoms with Crippen LogP contribution in [0, 0.1) is 0 Å². The first-order chi connectivity index (χ1) is 15.1. The maximum atomic E-state index is 12.5. The molecule has 0 saturated carbocycles. The second kappa shape index (κ2) is 11.1. The molecule has 1 aliphatic carbocycles. The Morgan fingerprint density at radius 3 is 2.45 bits per heavy atom. The first-order valence-electron chi connectivity index (χ1n) is 10.7. The highest BCUT2D eigenvalue weighted by Gasteiger charge is 2.43. The normalized spacial score (nSPS) is 19.6. The average molecular weight is 494 g/mol. The Morgan fingerprint density at radius 2 is 1.82 bits per heavy atom. The quantitative estimate of drug-likeness (QED) is 0.296. The molecule has 2 amide bonds. The van der Waals surface area contributed by atoms with Gasteiger partial charge in [-0.15, -0.1) is 0 Å². The Bertz CT molecular complexity index is 984. The number of nitrogens with two attached hydrogens (primary N) is 1. The fourth-order valence-corrected chi connectivity index (χ4v) is 5.68. The monoisotopic (exact) mass is 493 g/mol. The number of carbonyl (C=O) groups excluding carboxylic acids is 2. The van der Waals surface area contributed by atoms with Crippen molar-refractivity contribution in [3.8, 4) is 11.5 Å². The number of quaternary nitrogens is 1. The Morgan fingerprint density at radius 1 is 1.18 bits per heavy atom. The average Bonchev–Trinajstić information content (AvgIpc) is 2.73. The first-order valence-corrected chi connectivity index (χ1v) is 11.8. The van der Waals surface area contributed by atoms with Crippen LogP contribution in [0.4, 0.5) is 0 Å². The Balaban J connectivity index is 0.00000385. The fourth-order valence-electron chi connectivity index (χ4n) is 4.20. The van der Waals surface area contributed by atoms with E-state index in [0.717, 1.165) is 17.5 Å². The summed E-state index contributed by atoms with van der Waals surface area (Å²) in [5.41, 5.74) is 12.8. The summed E-state index contributed by atoms with van der Waals surface area (Å²) in [4.78, 5) is 24.3. The molecule has 0 saturated heterocycles. The van der Waals surface area contributed by atoms with E-state index in [4.69, 9.17) is 5.73 Å². The third kappa shape index (κ3) is 6.56. The highest BCUT2D eigenvalue weighted by molar-refractivity contribution is 8.00. The van der Waals surface area contributed by atoms with Crippen LogP contribution in [0.25, 0.3) is 0 Å². The lowest BCUT2D eigenvalue weighted by atomic mass is 9.69. The van der Waals surface area contributed by atoms with Crippen molar-refractivity contribution in [3.63, 3.8) is 0 Å². The number of fused-ring (bicyclic) bond motifs is 1. The summed E-state index contributed by atoms with van der Waals surface area (Å²) in [6.07, 6.45) is 1.39. The number of amides is 2. The standard InChI is InChI=1S/C24H31N3O4S.ClH/c1-24(2)18-13-17(29)8-5-15(18)12-20(22(24)25)32-10-9-21(30)27-19(23(26)31)11-14-3-6-16(28)7-4-14;/h3-8,13,19-20,22,28-29H,9-12,25H2,1-2H3,(H2,26,31)(H,27,30);1H/t19?,20-,22+;/m1./s1. The molecule has 0 heterocycles. The van der Waals surface area contributed by atoms with Crippen LogP contribution in [0.5, 0.6) is 11.5 Å². The van der Waals surface area contributed by atoms with Gasteiger partial charge in [-0.05, 0) is 47.4 Å². The molecule has 3 atom stereocenters. The molecule has 1 unspecified atom stereocenters. The molecule has 0 spiro atoms. The summed E-state index contributed by atoms with van der Waals surface area (Å²) in [6.45, 7) is 4.28. The van der Waals surface area contributed by atoms with E-state index in [1.807, 2.05) is 12.1 Å². The number of nitrogens with one attached hydrogen (secondary N) is 1. The van der Waals surface area contributed by atoms with Crippen LogP contribution >= 0.6 is 11.8 Å². The summed E-state index contributed by atoms with van der Waals surface area (Å²) in [5, 5.41) is 22.2. The van der Waals surface area contributed by atoms with Crippen molar-refractivity contribution in [2.45, 2.75) is 55.9 Å².